The van der Waals surface area contributed by atoms with Crippen LogP contribution in [0.3, 0.4) is 0 Å². The first-order valence-electron chi connectivity index (χ1n) is 4.66. The molecule has 0 bridgehead atoms. The van der Waals surface area contributed by atoms with E-state index in [2.05, 4.69) is 0 Å². The van der Waals surface area contributed by atoms with Crippen molar-refractivity contribution in [3.63, 3.8) is 0 Å². The molecule has 66 valence electrons. The van der Waals surface area contributed by atoms with Crippen LogP contribution in [0.25, 0.3) is 0 Å². The van der Waals surface area contributed by atoms with E-state index >= 15 is 0 Å². The highest BCUT2D eigenvalue weighted by Gasteiger charge is 2.12. The third-order valence-electron chi connectivity index (χ3n) is 2.21. The van der Waals surface area contributed by atoms with Gasteiger partial charge in [-0.2, -0.15) is 0 Å². The Morgan fingerprint density at radius 2 is 1.91 bits per heavy atom. The molecule has 0 aromatic carbocycles. The van der Waals surface area contributed by atoms with Gasteiger partial charge < -0.3 is 9.84 Å². The molecule has 1 fully saturated rings. The molecule has 0 amide bonds. The SMILES string of the molecule is OCCCOC1CCCCC1. The van der Waals surface area contributed by atoms with E-state index in [1.54, 1.807) is 0 Å². The second kappa shape index (κ2) is 5.56. The van der Waals surface area contributed by atoms with Gasteiger partial charge in [0.05, 0.1) is 6.10 Å². The number of ether oxygens (including phenoxy) is 1. The minimum atomic E-state index is 0.257. The van der Waals surface area contributed by atoms with Crippen LogP contribution in [-0.4, -0.2) is 24.4 Å². The third kappa shape index (κ3) is 3.73. The molecule has 1 rings (SSSR count). The second-order valence-corrected chi connectivity index (χ2v) is 3.21. The van der Waals surface area contributed by atoms with Crippen molar-refractivity contribution in [2.75, 3.05) is 13.2 Å². The number of aliphatic hydroxyl groups excluding tert-OH is 1. The van der Waals surface area contributed by atoms with Crippen LogP contribution in [0, 0.1) is 0 Å². The highest BCUT2D eigenvalue weighted by molar-refractivity contribution is 4.64. The Morgan fingerprint density at radius 3 is 2.55 bits per heavy atom. The van der Waals surface area contributed by atoms with Gasteiger partial charge in [-0.05, 0) is 19.3 Å². The smallest absolute Gasteiger partial charge is 0.0575 e. The van der Waals surface area contributed by atoms with Crippen molar-refractivity contribution < 1.29 is 9.84 Å². The second-order valence-electron chi connectivity index (χ2n) is 3.21. The Bertz CT molecular complexity index is 87.6. The van der Waals surface area contributed by atoms with Crippen molar-refractivity contribution in [1.82, 2.24) is 0 Å². The fraction of sp³-hybridized carbons (Fsp3) is 1.00. The topological polar surface area (TPSA) is 29.5 Å². The van der Waals surface area contributed by atoms with Gasteiger partial charge >= 0.3 is 0 Å². The van der Waals surface area contributed by atoms with Gasteiger partial charge in [0.2, 0.25) is 0 Å². The van der Waals surface area contributed by atoms with Crippen LogP contribution in [0.2, 0.25) is 0 Å². The third-order valence-corrected chi connectivity index (χ3v) is 2.21. The molecular formula is C9H18O2. The maximum atomic E-state index is 8.52. The predicted molar refractivity (Wildman–Crippen MR) is 44.5 cm³/mol. The van der Waals surface area contributed by atoms with E-state index in [1.807, 2.05) is 0 Å². The zero-order chi connectivity index (χ0) is 7.94. The summed E-state index contributed by atoms with van der Waals surface area (Å²) < 4.78 is 5.56. The fourth-order valence-electron chi connectivity index (χ4n) is 1.55. The van der Waals surface area contributed by atoms with E-state index in [9.17, 15) is 0 Å². The van der Waals surface area contributed by atoms with Crippen LogP contribution in [0.4, 0.5) is 0 Å². The number of hydrogen-bond acceptors (Lipinski definition) is 2. The van der Waals surface area contributed by atoms with Gasteiger partial charge in [-0.3, -0.25) is 0 Å². The van der Waals surface area contributed by atoms with Gasteiger partial charge in [-0.25, -0.2) is 0 Å². The average Bonchev–Trinajstić information content (AvgIpc) is 2.07. The molecule has 0 aliphatic heterocycles. The Balaban J connectivity index is 1.96. The van der Waals surface area contributed by atoms with E-state index in [1.165, 1.54) is 32.1 Å². The van der Waals surface area contributed by atoms with E-state index in [4.69, 9.17) is 9.84 Å². The normalized spacial score (nSPS) is 20.5. The largest absolute Gasteiger partial charge is 0.396 e. The van der Waals surface area contributed by atoms with E-state index in [0.717, 1.165) is 13.0 Å². The van der Waals surface area contributed by atoms with Crippen molar-refractivity contribution in [2.24, 2.45) is 0 Å². The van der Waals surface area contributed by atoms with Crippen LogP contribution in [-0.2, 0) is 4.74 Å². The maximum absolute atomic E-state index is 8.52. The molecule has 2 heteroatoms. The van der Waals surface area contributed by atoms with E-state index in [0.29, 0.717) is 6.10 Å². The molecule has 0 unspecified atom stereocenters. The van der Waals surface area contributed by atoms with Crippen LogP contribution < -0.4 is 0 Å². The molecular weight excluding hydrogens is 140 g/mol. The maximum Gasteiger partial charge on any atom is 0.0575 e. The molecule has 1 aliphatic rings. The summed E-state index contributed by atoms with van der Waals surface area (Å²) in [6.07, 6.45) is 7.76. The molecule has 1 N–H and O–H groups in total. The molecule has 0 saturated heterocycles. The summed E-state index contributed by atoms with van der Waals surface area (Å²) in [7, 11) is 0. The molecule has 0 aromatic rings. The first-order chi connectivity index (χ1) is 5.43. The highest BCUT2D eigenvalue weighted by atomic mass is 16.5. The van der Waals surface area contributed by atoms with Crippen molar-refractivity contribution in [2.45, 2.75) is 44.6 Å². The molecule has 0 spiro atoms. The van der Waals surface area contributed by atoms with E-state index < -0.39 is 0 Å². The lowest BCUT2D eigenvalue weighted by Gasteiger charge is -2.21. The highest BCUT2D eigenvalue weighted by Crippen LogP contribution is 2.20. The summed E-state index contributed by atoms with van der Waals surface area (Å²) in [5, 5.41) is 8.52. The monoisotopic (exact) mass is 158 g/mol. The predicted octanol–water partition coefficient (Wildman–Crippen LogP) is 1.72. The quantitative estimate of drug-likeness (QED) is 0.631. The fourth-order valence-corrected chi connectivity index (χ4v) is 1.55. The number of rotatable bonds is 4. The van der Waals surface area contributed by atoms with E-state index in [-0.39, 0.29) is 6.61 Å². The summed E-state index contributed by atoms with van der Waals surface area (Å²) in [6, 6.07) is 0. The molecule has 2 nitrogen and oxygen atoms in total. The average molecular weight is 158 g/mol. The van der Waals surface area contributed by atoms with Gasteiger partial charge in [0.1, 0.15) is 0 Å². The summed E-state index contributed by atoms with van der Waals surface area (Å²) in [4.78, 5) is 0. The van der Waals surface area contributed by atoms with Crippen LogP contribution in [0.1, 0.15) is 38.5 Å². The molecule has 0 radical (unpaired) electrons. The Morgan fingerprint density at radius 1 is 1.18 bits per heavy atom. The van der Waals surface area contributed by atoms with Crippen molar-refractivity contribution >= 4 is 0 Å². The zero-order valence-corrected chi connectivity index (χ0v) is 7.09. The molecule has 1 aliphatic carbocycles. The summed E-state index contributed by atoms with van der Waals surface area (Å²) >= 11 is 0. The van der Waals surface area contributed by atoms with Crippen molar-refractivity contribution in [1.29, 1.82) is 0 Å². The lowest BCUT2D eigenvalue weighted by Crippen LogP contribution is -2.17. The van der Waals surface area contributed by atoms with Gasteiger partial charge in [-0.1, -0.05) is 19.3 Å². The zero-order valence-electron chi connectivity index (χ0n) is 7.09. The Labute approximate surface area is 68.6 Å². The van der Waals surface area contributed by atoms with Crippen LogP contribution in [0.15, 0.2) is 0 Å². The molecule has 11 heavy (non-hydrogen) atoms. The first kappa shape index (κ1) is 9.01. The number of aliphatic hydroxyl groups is 1. The lowest BCUT2D eigenvalue weighted by atomic mass is 9.98. The molecule has 0 heterocycles. The van der Waals surface area contributed by atoms with Gasteiger partial charge in [0.15, 0.2) is 0 Å². The number of hydrogen-bond donors (Lipinski definition) is 1. The summed E-state index contributed by atoms with van der Waals surface area (Å²) in [6.45, 7) is 0.994. The lowest BCUT2D eigenvalue weighted by molar-refractivity contribution is 0.0214. The molecule has 1 saturated carbocycles. The standard InChI is InChI=1S/C9H18O2/c10-7-4-8-11-9-5-2-1-3-6-9/h9-10H,1-8H2. The van der Waals surface area contributed by atoms with Gasteiger partial charge in [0, 0.05) is 13.2 Å². The van der Waals surface area contributed by atoms with Crippen molar-refractivity contribution in [3.8, 4) is 0 Å². The van der Waals surface area contributed by atoms with Crippen LogP contribution in [0.5, 0.6) is 0 Å². The van der Waals surface area contributed by atoms with Gasteiger partial charge in [-0.15, -0.1) is 0 Å². The minimum absolute atomic E-state index is 0.257. The minimum Gasteiger partial charge on any atom is -0.396 e. The summed E-state index contributed by atoms with van der Waals surface area (Å²) in [5.74, 6) is 0. The van der Waals surface area contributed by atoms with Crippen LogP contribution >= 0.6 is 0 Å². The van der Waals surface area contributed by atoms with Gasteiger partial charge in [0.25, 0.3) is 0 Å². The molecule has 0 aromatic heterocycles. The first-order valence-corrected chi connectivity index (χ1v) is 4.66. The Hall–Kier alpha value is -0.0800. The molecule has 0 atom stereocenters. The van der Waals surface area contributed by atoms with Crippen molar-refractivity contribution in [3.05, 3.63) is 0 Å². The summed E-state index contributed by atoms with van der Waals surface area (Å²) in [5.41, 5.74) is 0. The Kier molecular flexibility index (Phi) is 4.55.